The number of primary amides is 1. The van der Waals surface area contributed by atoms with E-state index in [4.69, 9.17) is 15.6 Å². The second-order valence-electron chi connectivity index (χ2n) is 24.0. The molecule has 2 aromatic carbocycles. The van der Waals surface area contributed by atoms with Crippen LogP contribution in [0.15, 0.2) is 48.5 Å². The van der Waals surface area contributed by atoms with Crippen LogP contribution in [0.25, 0.3) is 0 Å². The molecular formula is C61H79F3N14O25S6. The number of benzene rings is 2. The quantitative estimate of drug-likeness (QED) is 0.0504. The van der Waals surface area contributed by atoms with Crippen LogP contribution in [0.4, 0.5) is 13.2 Å². The smallest absolute Gasteiger partial charge is 0.490 e. The Balaban J connectivity index is 0.00000298. The Labute approximate surface area is 640 Å². The van der Waals surface area contributed by atoms with Crippen molar-refractivity contribution in [1.29, 1.82) is 0 Å². The number of nitrogens with zero attached hydrogens (tertiary/aromatic N) is 1. The number of aliphatic hydroxyl groups excluding tert-OH is 1. The number of phenolic OH excluding ortho intramolecular Hbond substituents is 2. The number of carbonyl (C=O) groups is 18. The number of nitrogens with one attached hydrogen (secondary N) is 12. The zero-order valence-electron chi connectivity index (χ0n) is 57.4. The Morgan fingerprint density at radius 3 is 1.61 bits per heavy atom. The van der Waals surface area contributed by atoms with E-state index in [0.29, 0.717) is 59.5 Å². The van der Waals surface area contributed by atoms with Crippen molar-refractivity contribution in [3.63, 3.8) is 0 Å². The fraction of sp³-hybridized carbons (Fsp3) is 0.508. The molecule has 0 unspecified atom stereocenters. The van der Waals surface area contributed by atoms with Crippen LogP contribution in [0, 0.1) is 0 Å². The van der Waals surface area contributed by atoms with Crippen molar-refractivity contribution in [2.24, 2.45) is 5.73 Å². The maximum atomic E-state index is 15.1. The minimum Gasteiger partial charge on any atom is -0.508 e. The zero-order valence-corrected chi connectivity index (χ0v) is 62.3. The van der Waals surface area contributed by atoms with E-state index < -0.39 is 258 Å². The van der Waals surface area contributed by atoms with Gasteiger partial charge in [-0.25, -0.2) is 9.59 Å². The van der Waals surface area contributed by atoms with Crippen molar-refractivity contribution in [2.75, 3.05) is 47.6 Å². The first kappa shape index (κ1) is 91.9. The predicted octanol–water partition coefficient (Wildman–Crippen LogP) is -5.89. The molecule has 0 spiro atoms. The second kappa shape index (κ2) is 44.2. The molecule has 0 aromatic heterocycles. The zero-order chi connectivity index (χ0) is 80.3. The molecule has 4 bridgehead atoms. The normalized spacial score (nSPS) is 25.4. The van der Waals surface area contributed by atoms with Crippen molar-refractivity contribution in [1.82, 2.24) is 68.7 Å². The summed E-state index contributed by atoms with van der Waals surface area (Å²) in [7, 11) is 4.20. The molecule has 4 heterocycles. The van der Waals surface area contributed by atoms with Crippen molar-refractivity contribution in [3.8, 4) is 11.5 Å². The van der Waals surface area contributed by atoms with Gasteiger partial charge in [-0.15, -0.1) is 0 Å². The minimum absolute atomic E-state index is 0. The average Bonchev–Trinajstić information content (AvgIpc) is 1.74. The number of rotatable bonds is 13. The van der Waals surface area contributed by atoms with Crippen LogP contribution in [-0.4, -0.2) is 280 Å². The predicted molar refractivity (Wildman–Crippen MR) is 385 cm³/mol. The first-order chi connectivity index (χ1) is 50.8. The molecule has 0 saturated carbocycles. The molecule has 4 fully saturated rings. The lowest BCUT2D eigenvalue weighted by atomic mass is 10.0. The number of halogens is 3. The number of alkyl halides is 3. The van der Waals surface area contributed by atoms with Gasteiger partial charge in [0, 0.05) is 54.6 Å². The van der Waals surface area contributed by atoms with E-state index in [1.807, 2.05) is 0 Å². The summed E-state index contributed by atoms with van der Waals surface area (Å²) in [6, 6.07) is -10.8. The van der Waals surface area contributed by atoms with Gasteiger partial charge in [-0.2, -0.15) is 13.2 Å². The number of aromatic hydroxyl groups is 2. The monoisotopic (exact) mass is 1660 g/mol. The Morgan fingerprint density at radius 1 is 0.596 bits per heavy atom. The summed E-state index contributed by atoms with van der Waals surface area (Å²) in [4.78, 5) is 249. The molecule has 14 amide bonds. The molecule has 2 aromatic rings. The maximum absolute atomic E-state index is 15.1. The van der Waals surface area contributed by atoms with Crippen LogP contribution in [0.3, 0.4) is 0 Å². The fourth-order valence-corrected chi connectivity index (χ4v) is 16.7. The Hall–Kier alpha value is -9.49. The Kier molecular flexibility index (Phi) is 37.3. The van der Waals surface area contributed by atoms with E-state index in [1.54, 1.807) is 0 Å². The number of carboxylic acids is 3. The number of carboxylic acid groups (broad SMARTS) is 3. The Morgan fingerprint density at radius 2 is 1.07 bits per heavy atom. The molecule has 0 aliphatic carbocycles. The number of fused-ring (bicyclic) bond motifs is 20. The number of aliphatic hydroxyl groups is 1. The van der Waals surface area contributed by atoms with Gasteiger partial charge >= 0.3 is 24.1 Å². The molecule has 6 rings (SSSR count). The standard InChI is InChI=1S/C59H76N14O22S6.C2HF3O2.H2O/c1-26-47(82)68-40-24-99-98-23-39-51(86)64-32(13-14-45(80)81)48(83)65-33(16-28-5-9-30(75)10-6-28)49(84)69-38(53(88)70-37(22-100-101-25-42(77)56(91)71-39)52(87)66-34(18-43(60)78)58(93)73-15-3-4-41(73)55(90)62-26)21-97-96-20-36(63-44(79)19-61-57(92)46(27(2)74)72-54(40)89)50(85)67-35(59(94)95)17-29-7-11-31(76)12-8-29;3-2(4,5)1(6)7;/h5-12,26-27,32-41,46,74-76H,3-4,13-25H2,1-2H3,(H2,60,78)(H,61,92)(H,62,90)(H,63,79)(H,64,86)(H,65,83)(H,66,87)(H,67,85)(H,68,82)(H,69,84)(H,70,88)(H,71,91)(H,72,89)(H,80,81)(H,94,95);(H,6,7);1H2/t26-,27+,32-,33-,34-,35-,36-,37-,38-,39-,40-,41-,46-;;/m0../s1. The van der Waals surface area contributed by atoms with Gasteiger partial charge in [0.15, 0.2) is 0 Å². The number of Topliss-reactive ketones (excluding diaryl/α,β-unsaturated/α-hetero) is 1. The van der Waals surface area contributed by atoms with Gasteiger partial charge in [-0.1, -0.05) is 89.0 Å². The molecule has 48 heteroatoms. The third-order valence-corrected chi connectivity index (χ3v) is 22.8. The number of amides is 14. The number of aliphatic carboxylic acids is 3. The van der Waals surface area contributed by atoms with Crippen LogP contribution in [0.1, 0.15) is 57.1 Å². The van der Waals surface area contributed by atoms with E-state index in [0.717, 1.165) is 22.6 Å². The van der Waals surface area contributed by atoms with E-state index in [2.05, 4.69) is 63.8 Å². The van der Waals surface area contributed by atoms with Crippen molar-refractivity contribution in [2.45, 2.75) is 144 Å². The summed E-state index contributed by atoms with van der Waals surface area (Å²) in [5, 5.41) is 86.9. The Bertz CT molecular complexity index is 3690. The van der Waals surface area contributed by atoms with Crippen molar-refractivity contribution in [3.05, 3.63) is 59.7 Å². The third-order valence-electron chi connectivity index (χ3n) is 15.7. The summed E-state index contributed by atoms with van der Waals surface area (Å²) in [6.07, 6.45) is -9.99. The SMILES string of the molecule is C[C@@H]1NC(=O)[C@@H]2CCCN2C(=O)[C@H](CC(N)=O)NC(=O)[C@@H]2CSSCC(=O)C(=O)N[C@H]3CSSC[C@H](NC1=O)C(=O)N[C@@H]([C@@H](C)O)C(=O)NCC(=O)N[C@H](C(=O)N[C@@H](Cc1ccc(O)cc1)C(=O)O)CSSC[C@H](NC(=O)[C@H](Cc1ccc(O)cc1)NC(=O)[C@H](CCC(=O)O)NC3=O)C(=O)N2.O.O=C(O)C(F)(F)F. The summed E-state index contributed by atoms with van der Waals surface area (Å²) < 4.78 is 31.7. The first-order valence-corrected chi connectivity index (χ1v) is 39.7. The summed E-state index contributed by atoms with van der Waals surface area (Å²) in [6.45, 7) is 1.11. The molecule has 22 N–H and O–H groups in total. The van der Waals surface area contributed by atoms with Crippen LogP contribution in [0.5, 0.6) is 11.5 Å². The molecular weight excluding hydrogens is 1580 g/mol. The molecule has 4 aliphatic rings. The number of phenols is 2. The topological polar surface area (TPSA) is 634 Å². The van der Waals surface area contributed by atoms with Gasteiger partial charge in [-0.05, 0) is 68.5 Å². The average molecular weight is 1660 g/mol. The highest BCUT2D eigenvalue weighted by Gasteiger charge is 2.43. The molecule has 4 saturated heterocycles. The molecule has 109 heavy (non-hydrogen) atoms. The summed E-state index contributed by atoms with van der Waals surface area (Å²) in [5.74, 6) is -27.3. The molecule has 39 nitrogen and oxygen atoms in total. The highest BCUT2D eigenvalue weighted by atomic mass is 33.1. The molecule has 600 valence electrons. The highest BCUT2D eigenvalue weighted by Crippen LogP contribution is 2.28. The number of hydrogen-bond acceptors (Lipinski definition) is 27. The van der Waals surface area contributed by atoms with Gasteiger partial charge in [0.1, 0.15) is 84.0 Å². The van der Waals surface area contributed by atoms with E-state index in [1.165, 1.54) is 55.5 Å². The maximum Gasteiger partial charge on any atom is 0.490 e. The second-order valence-corrected chi connectivity index (χ2v) is 31.6. The summed E-state index contributed by atoms with van der Waals surface area (Å²) in [5.41, 5.74) is 6.20. The summed E-state index contributed by atoms with van der Waals surface area (Å²) >= 11 is 0. The van der Waals surface area contributed by atoms with Crippen LogP contribution >= 0.6 is 64.8 Å². The van der Waals surface area contributed by atoms with Crippen LogP contribution < -0.4 is 69.5 Å². The first-order valence-electron chi connectivity index (χ1n) is 32.3. The van der Waals surface area contributed by atoms with Crippen molar-refractivity contribution < 1.29 is 136 Å². The van der Waals surface area contributed by atoms with Crippen LogP contribution in [0.2, 0.25) is 0 Å². The lowest BCUT2D eigenvalue weighted by Crippen LogP contribution is -2.61. The number of hydrogen-bond donors (Lipinski definition) is 19. The largest absolute Gasteiger partial charge is 0.508 e. The number of ketones is 1. The highest BCUT2D eigenvalue weighted by molar-refractivity contribution is 8.77. The lowest BCUT2D eigenvalue weighted by molar-refractivity contribution is -0.192. The van der Waals surface area contributed by atoms with E-state index >= 15 is 9.59 Å². The minimum atomic E-state index is -5.08. The van der Waals surface area contributed by atoms with Crippen molar-refractivity contribution >= 4 is 171 Å². The fourth-order valence-electron chi connectivity index (χ4n) is 9.97. The molecule has 13 atom stereocenters. The van der Waals surface area contributed by atoms with E-state index in [9.17, 15) is 111 Å². The van der Waals surface area contributed by atoms with Crippen LogP contribution in [-0.2, 0) is 99.1 Å². The van der Waals surface area contributed by atoms with E-state index in [-0.39, 0.29) is 48.3 Å². The molecule has 4 aliphatic heterocycles. The number of nitrogens with two attached hydrogens (primary N) is 1. The van der Waals surface area contributed by atoms with Gasteiger partial charge in [0.25, 0.3) is 5.91 Å². The van der Waals surface area contributed by atoms with Gasteiger partial charge in [-0.3, -0.25) is 76.7 Å². The third kappa shape index (κ3) is 30.5. The van der Waals surface area contributed by atoms with Gasteiger partial charge in [0.2, 0.25) is 82.6 Å². The van der Waals surface area contributed by atoms with Gasteiger partial charge < -0.3 is 111 Å². The lowest BCUT2D eigenvalue weighted by Gasteiger charge is -2.30. The molecule has 0 radical (unpaired) electrons. The van der Waals surface area contributed by atoms with Gasteiger partial charge in [0.05, 0.1) is 24.8 Å². The number of carbonyl (C=O) groups excluding carboxylic acids is 15.